The molecular weight excluding hydrogens is 374 g/mol. The third-order valence-corrected chi connectivity index (χ3v) is 7.11. The van der Waals surface area contributed by atoms with Crippen molar-refractivity contribution in [1.29, 1.82) is 0 Å². The number of carboxylic acid groups (broad SMARTS) is 1. The van der Waals surface area contributed by atoms with Gasteiger partial charge in [-0.2, -0.15) is 0 Å². The van der Waals surface area contributed by atoms with Crippen molar-refractivity contribution >= 4 is 16.7 Å². The summed E-state index contributed by atoms with van der Waals surface area (Å²) in [6.45, 7) is 9.38. The molecule has 162 valence electrons. The summed E-state index contributed by atoms with van der Waals surface area (Å²) in [4.78, 5) is 13.4. The van der Waals surface area contributed by atoms with Crippen molar-refractivity contribution in [2.24, 2.45) is 17.3 Å². The maximum absolute atomic E-state index is 11.2. The number of hydrogen-bond donors (Lipinski definition) is 1. The van der Waals surface area contributed by atoms with E-state index in [2.05, 4.69) is 62.1 Å². The Morgan fingerprint density at radius 1 is 1.03 bits per heavy atom. The van der Waals surface area contributed by atoms with Gasteiger partial charge < -0.3 is 9.84 Å². The molecule has 2 aromatic carbocycles. The SMILES string of the molecule is CC(C)(C)C1CCC(Oc2ccc3cc(CN4CC[C@@H](C(=O)O)C4)ccc3c2)CC1. The molecule has 1 saturated heterocycles. The van der Waals surface area contributed by atoms with E-state index in [4.69, 9.17) is 4.74 Å². The molecule has 4 rings (SSSR count). The fraction of sp³-hybridized carbons (Fsp3) is 0.577. The van der Waals surface area contributed by atoms with E-state index in [-0.39, 0.29) is 5.92 Å². The van der Waals surface area contributed by atoms with Crippen molar-refractivity contribution in [2.75, 3.05) is 13.1 Å². The maximum Gasteiger partial charge on any atom is 0.307 e. The molecule has 1 N–H and O–H groups in total. The first-order chi connectivity index (χ1) is 14.3. The predicted octanol–water partition coefficient (Wildman–Crippen LogP) is 5.73. The van der Waals surface area contributed by atoms with E-state index in [1.807, 2.05) is 0 Å². The number of carboxylic acids is 1. The highest BCUT2D eigenvalue weighted by Crippen LogP contribution is 2.39. The van der Waals surface area contributed by atoms with Gasteiger partial charge in [-0.25, -0.2) is 0 Å². The van der Waals surface area contributed by atoms with Crippen LogP contribution in [0.2, 0.25) is 0 Å². The first-order valence-corrected chi connectivity index (χ1v) is 11.4. The molecule has 1 aliphatic heterocycles. The van der Waals surface area contributed by atoms with Crippen LogP contribution in [0.4, 0.5) is 0 Å². The van der Waals surface area contributed by atoms with Crippen molar-refractivity contribution in [3.8, 4) is 5.75 Å². The van der Waals surface area contributed by atoms with Crippen molar-refractivity contribution in [3.05, 3.63) is 42.0 Å². The zero-order valence-electron chi connectivity index (χ0n) is 18.6. The minimum Gasteiger partial charge on any atom is -0.490 e. The topological polar surface area (TPSA) is 49.8 Å². The second-order valence-electron chi connectivity index (χ2n) is 10.4. The summed E-state index contributed by atoms with van der Waals surface area (Å²) in [6, 6.07) is 13.0. The van der Waals surface area contributed by atoms with Gasteiger partial charge in [0, 0.05) is 13.1 Å². The first-order valence-electron chi connectivity index (χ1n) is 11.4. The van der Waals surface area contributed by atoms with Crippen molar-refractivity contribution in [2.45, 2.75) is 65.5 Å². The Kier molecular flexibility index (Phi) is 6.06. The van der Waals surface area contributed by atoms with E-state index in [9.17, 15) is 9.90 Å². The summed E-state index contributed by atoms with van der Waals surface area (Å²) >= 11 is 0. The van der Waals surface area contributed by atoms with Crippen LogP contribution in [0, 0.1) is 17.3 Å². The van der Waals surface area contributed by atoms with Crippen molar-refractivity contribution < 1.29 is 14.6 Å². The molecule has 0 amide bonds. The van der Waals surface area contributed by atoms with Crippen LogP contribution in [-0.4, -0.2) is 35.2 Å². The molecule has 4 nitrogen and oxygen atoms in total. The molecule has 0 bridgehead atoms. The van der Waals surface area contributed by atoms with Gasteiger partial charge in [0.15, 0.2) is 0 Å². The number of nitrogens with zero attached hydrogens (tertiary/aromatic N) is 1. The van der Waals surface area contributed by atoms with Crippen LogP contribution in [0.15, 0.2) is 36.4 Å². The summed E-state index contributed by atoms with van der Waals surface area (Å²) in [5.41, 5.74) is 1.64. The number of benzene rings is 2. The number of hydrogen-bond acceptors (Lipinski definition) is 3. The van der Waals surface area contributed by atoms with E-state index in [1.165, 1.54) is 29.2 Å². The number of likely N-dealkylation sites (tertiary alicyclic amines) is 1. The lowest BCUT2D eigenvalue weighted by atomic mass is 9.72. The minimum atomic E-state index is -0.671. The Morgan fingerprint density at radius 2 is 1.73 bits per heavy atom. The molecule has 0 unspecified atom stereocenters. The normalized spacial score (nSPS) is 25.5. The molecule has 2 aromatic rings. The highest BCUT2D eigenvalue weighted by molar-refractivity contribution is 5.84. The van der Waals surface area contributed by atoms with Gasteiger partial charge in [-0.3, -0.25) is 9.69 Å². The number of rotatable bonds is 5. The van der Waals surface area contributed by atoms with Gasteiger partial charge in [0.1, 0.15) is 5.75 Å². The lowest BCUT2D eigenvalue weighted by molar-refractivity contribution is -0.141. The molecule has 30 heavy (non-hydrogen) atoms. The fourth-order valence-electron chi connectivity index (χ4n) is 5.12. The zero-order valence-corrected chi connectivity index (χ0v) is 18.6. The van der Waals surface area contributed by atoms with Gasteiger partial charge in [0.2, 0.25) is 0 Å². The van der Waals surface area contributed by atoms with Crippen LogP contribution in [-0.2, 0) is 11.3 Å². The zero-order chi connectivity index (χ0) is 21.3. The first kappa shape index (κ1) is 21.2. The predicted molar refractivity (Wildman–Crippen MR) is 121 cm³/mol. The second kappa shape index (κ2) is 8.58. The van der Waals surface area contributed by atoms with Crippen LogP contribution in [0.5, 0.6) is 5.75 Å². The van der Waals surface area contributed by atoms with Crippen molar-refractivity contribution in [3.63, 3.8) is 0 Å². The maximum atomic E-state index is 11.2. The summed E-state index contributed by atoms with van der Waals surface area (Å²) in [5.74, 6) is 0.881. The summed E-state index contributed by atoms with van der Waals surface area (Å²) in [7, 11) is 0. The lowest BCUT2D eigenvalue weighted by Gasteiger charge is -2.37. The Morgan fingerprint density at radius 3 is 2.40 bits per heavy atom. The Balaban J connectivity index is 1.36. The number of aliphatic carboxylic acids is 1. The third kappa shape index (κ3) is 4.97. The van der Waals surface area contributed by atoms with E-state index in [0.29, 0.717) is 18.1 Å². The highest BCUT2D eigenvalue weighted by Gasteiger charge is 2.30. The van der Waals surface area contributed by atoms with Crippen LogP contribution >= 0.6 is 0 Å². The molecule has 1 atom stereocenters. The standard InChI is InChI=1S/C26H35NO3/c1-26(2,3)22-7-10-23(11-8-22)30-24-9-6-19-14-18(4-5-20(19)15-24)16-27-13-12-21(17-27)25(28)29/h4-6,9,14-15,21-23H,7-8,10-13,16-17H2,1-3H3,(H,28,29)/t21-,22?,23?/m1/s1. The van der Waals surface area contributed by atoms with Crippen LogP contribution in [0.3, 0.4) is 0 Å². The number of ether oxygens (including phenoxy) is 1. The second-order valence-corrected chi connectivity index (χ2v) is 10.4. The van der Waals surface area contributed by atoms with Gasteiger partial charge in [0.25, 0.3) is 0 Å². The number of carbonyl (C=O) groups is 1. The van der Waals surface area contributed by atoms with Crippen molar-refractivity contribution in [1.82, 2.24) is 4.90 Å². The Labute approximate surface area is 180 Å². The van der Waals surface area contributed by atoms with Gasteiger partial charge in [0.05, 0.1) is 12.0 Å². The summed E-state index contributed by atoms with van der Waals surface area (Å²) in [5, 5.41) is 11.6. The Bertz CT molecular complexity index is 893. The summed E-state index contributed by atoms with van der Waals surface area (Å²) < 4.78 is 6.33. The van der Waals surface area contributed by atoms with E-state index < -0.39 is 5.97 Å². The molecule has 4 heteroatoms. The largest absolute Gasteiger partial charge is 0.490 e. The van der Waals surface area contributed by atoms with E-state index in [0.717, 1.165) is 44.0 Å². The molecule has 1 saturated carbocycles. The molecule has 0 aromatic heterocycles. The monoisotopic (exact) mass is 409 g/mol. The smallest absolute Gasteiger partial charge is 0.307 e. The fourth-order valence-corrected chi connectivity index (χ4v) is 5.12. The van der Waals surface area contributed by atoms with Crippen LogP contribution in [0.25, 0.3) is 10.8 Å². The van der Waals surface area contributed by atoms with Gasteiger partial charge in [-0.05, 0) is 84.5 Å². The van der Waals surface area contributed by atoms with Gasteiger partial charge in [-0.1, -0.05) is 39.0 Å². The molecule has 0 radical (unpaired) electrons. The lowest BCUT2D eigenvalue weighted by Crippen LogP contribution is -2.30. The molecule has 0 spiro atoms. The third-order valence-electron chi connectivity index (χ3n) is 7.11. The molecular formula is C26H35NO3. The quantitative estimate of drug-likeness (QED) is 0.685. The molecule has 1 aliphatic carbocycles. The van der Waals surface area contributed by atoms with Crippen LogP contribution < -0.4 is 4.74 Å². The molecule has 2 fully saturated rings. The van der Waals surface area contributed by atoms with Crippen LogP contribution in [0.1, 0.15) is 58.4 Å². The summed E-state index contributed by atoms with van der Waals surface area (Å²) in [6.07, 6.45) is 5.88. The Hall–Kier alpha value is -2.07. The average Bonchev–Trinajstić information content (AvgIpc) is 3.17. The van der Waals surface area contributed by atoms with E-state index >= 15 is 0 Å². The number of fused-ring (bicyclic) bond motifs is 1. The van der Waals surface area contributed by atoms with E-state index in [1.54, 1.807) is 0 Å². The minimum absolute atomic E-state index is 0.219. The molecule has 2 aliphatic rings. The highest BCUT2D eigenvalue weighted by atomic mass is 16.5. The average molecular weight is 410 g/mol. The molecule has 1 heterocycles. The van der Waals surface area contributed by atoms with Gasteiger partial charge in [-0.15, -0.1) is 0 Å². The van der Waals surface area contributed by atoms with Gasteiger partial charge >= 0.3 is 5.97 Å².